The molecule has 4 rings (SSSR count). The Morgan fingerprint density at radius 3 is 2.78 bits per heavy atom. The summed E-state index contributed by atoms with van der Waals surface area (Å²) in [6.07, 6.45) is 3.90. The Hall–Kier alpha value is -2.98. The fourth-order valence-electron chi connectivity index (χ4n) is 3.51. The molecule has 0 saturated heterocycles. The van der Waals surface area contributed by atoms with Gasteiger partial charge in [0.05, 0.1) is 25.2 Å². The quantitative estimate of drug-likeness (QED) is 0.332. The molecule has 0 saturated carbocycles. The summed E-state index contributed by atoms with van der Waals surface area (Å²) in [6, 6.07) is 5.33. The highest BCUT2D eigenvalue weighted by Crippen LogP contribution is 2.54. The van der Waals surface area contributed by atoms with E-state index in [0.29, 0.717) is 23.3 Å². The minimum absolute atomic E-state index is 0.0261. The van der Waals surface area contributed by atoms with Crippen LogP contribution in [0.4, 0.5) is 0 Å². The third-order valence-corrected chi connectivity index (χ3v) is 6.90. The second-order valence-electron chi connectivity index (χ2n) is 9.61. The zero-order valence-electron chi connectivity index (χ0n) is 20.5. The number of phosphoric acid groups is 1. The van der Waals surface area contributed by atoms with Crippen LogP contribution in [0.25, 0.3) is 0 Å². The summed E-state index contributed by atoms with van der Waals surface area (Å²) in [6.45, 7) is 7.12. The van der Waals surface area contributed by atoms with Crippen LogP contribution in [0.5, 0.6) is 5.75 Å². The van der Waals surface area contributed by atoms with Crippen molar-refractivity contribution in [2.75, 3.05) is 13.2 Å². The van der Waals surface area contributed by atoms with Crippen molar-refractivity contribution < 1.29 is 32.4 Å². The highest BCUT2D eigenvalue weighted by Gasteiger charge is 2.36. The summed E-state index contributed by atoms with van der Waals surface area (Å²) in [7, 11) is -3.88. The number of benzene rings is 1. The van der Waals surface area contributed by atoms with Crippen molar-refractivity contribution in [2.24, 2.45) is 5.41 Å². The lowest BCUT2D eigenvalue weighted by molar-refractivity contribution is -0.152. The van der Waals surface area contributed by atoms with E-state index in [9.17, 15) is 18.9 Å². The Labute approximate surface area is 207 Å². The van der Waals surface area contributed by atoms with Crippen molar-refractivity contribution in [1.82, 2.24) is 9.55 Å². The molecule has 2 aromatic rings. The molecule has 0 amide bonds. The number of rotatable bonds is 7. The van der Waals surface area contributed by atoms with Gasteiger partial charge in [0, 0.05) is 23.7 Å². The molecular formula is C24H29N2O9P. The zero-order valence-corrected chi connectivity index (χ0v) is 21.4. The SMILES string of the molecule is Cc1cn([C@H]2C=C[C@@H](COP3(=O)OCc4cc(CCOC(=O)C(C)(C)C)ccc4O3)O2)c(=O)[nH]c1=O. The molecule has 0 aliphatic carbocycles. The third kappa shape index (κ3) is 6.04. The number of hydrogen-bond donors (Lipinski definition) is 1. The van der Waals surface area contributed by atoms with E-state index in [1.165, 1.54) is 10.8 Å². The fraction of sp³-hybridized carbons (Fsp3) is 0.458. The van der Waals surface area contributed by atoms with Crippen LogP contribution in [0.1, 0.15) is 43.7 Å². The molecule has 1 unspecified atom stereocenters. The standard InChI is InChI=1S/C24H29N2O9P/c1-15-12-26(23(29)25-21(15)27)20-8-6-18(34-20)14-33-36(30)32-13-17-11-16(5-7-19(17)35-36)9-10-31-22(28)24(2,3)4/h5-8,11-12,18,20H,9-10,13-14H2,1-4H3,(H,25,27,29)/t18-,20+,36?/m0/s1. The number of carbonyl (C=O) groups excluding carboxylic acids is 1. The average Bonchev–Trinajstić information content (AvgIpc) is 3.28. The fourth-order valence-corrected chi connectivity index (χ4v) is 4.73. The predicted molar refractivity (Wildman–Crippen MR) is 129 cm³/mol. The van der Waals surface area contributed by atoms with Crippen LogP contribution in [-0.2, 0) is 40.9 Å². The molecule has 0 bridgehead atoms. The van der Waals surface area contributed by atoms with E-state index in [2.05, 4.69) is 4.98 Å². The number of aromatic amines is 1. The maximum Gasteiger partial charge on any atom is 0.530 e. The molecule has 36 heavy (non-hydrogen) atoms. The number of ether oxygens (including phenoxy) is 2. The van der Waals surface area contributed by atoms with Crippen LogP contribution < -0.4 is 15.8 Å². The topological polar surface area (TPSA) is 135 Å². The van der Waals surface area contributed by atoms with E-state index < -0.39 is 36.8 Å². The summed E-state index contributed by atoms with van der Waals surface area (Å²) in [5.41, 5.74) is 0.374. The van der Waals surface area contributed by atoms with Gasteiger partial charge in [-0.25, -0.2) is 9.36 Å². The minimum Gasteiger partial charge on any atom is -0.465 e. The molecule has 3 atom stereocenters. The average molecular weight is 520 g/mol. The van der Waals surface area contributed by atoms with Crippen LogP contribution in [0, 0.1) is 12.3 Å². The zero-order chi connectivity index (χ0) is 26.1. The lowest BCUT2D eigenvalue weighted by atomic mass is 9.97. The van der Waals surface area contributed by atoms with Crippen LogP contribution in [0.2, 0.25) is 0 Å². The largest absolute Gasteiger partial charge is 0.530 e. The van der Waals surface area contributed by atoms with Gasteiger partial charge in [-0.3, -0.25) is 28.2 Å². The number of aromatic nitrogens is 2. The van der Waals surface area contributed by atoms with Crippen LogP contribution in [0.15, 0.2) is 46.1 Å². The van der Waals surface area contributed by atoms with Crippen molar-refractivity contribution >= 4 is 13.8 Å². The van der Waals surface area contributed by atoms with E-state index in [1.54, 1.807) is 52.0 Å². The van der Waals surface area contributed by atoms with Gasteiger partial charge in [-0.15, -0.1) is 0 Å². The first kappa shape index (κ1) is 26.1. The lowest BCUT2D eigenvalue weighted by Gasteiger charge is -2.26. The predicted octanol–water partition coefficient (Wildman–Crippen LogP) is 3.16. The Kier molecular flexibility index (Phi) is 7.38. The maximum atomic E-state index is 13.0. The number of fused-ring (bicyclic) bond motifs is 1. The summed E-state index contributed by atoms with van der Waals surface area (Å²) in [4.78, 5) is 37.8. The first-order valence-corrected chi connectivity index (χ1v) is 12.9. The number of nitrogens with one attached hydrogen (secondary N) is 1. The second kappa shape index (κ2) is 10.2. The number of esters is 1. The smallest absolute Gasteiger partial charge is 0.465 e. The highest BCUT2D eigenvalue weighted by atomic mass is 31.2. The molecule has 1 aromatic heterocycles. The van der Waals surface area contributed by atoms with Gasteiger partial charge in [-0.1, -0.05) is 12.1 Å². The van der Waals surface area contributed by atoms with Gasteiger partial charge in [-0.2, -0.15) is 0 Å². The van der Waals surface area contributed by atoms with Gasteiger partial charge in [0.25, 0.3) is 5.56 Å². The third-order valence-electron chi connectivity index (χ3n) is 5.57. The molecule has 1 aromatic carbocycles. The number of hydrogen-bond acceptors (Lipinski definition) is 9. The summed E-state index contributed by atoms with van der Waals surface area (Å²) in [5.74, 6) is 0.120. The van der Waals surface area contributed by atoms with E-state index in [1.807, 2.05) is 6.07 Å². The van der Waals surface area contributed by atoms with E-state index >= 15 is 0 Å². The number of phosphoric ester groups is 1. The molecule has 11 nitrogen and oxygen atoms in total. The number of H-pyrrole nitrogens is 1. The normalized spacial score (nSPS) is 23.2. The van der Waals surface area contributed by atoms with E-state index in [4.69, 9.17) is 23.0 Å². The van der Waals surface area contributed by atoms with E-state index in [-0.39, 0.29) is 25.8 Å². The number of aryl methyl sites for hydroxylation is 1. The number of nitrogens with zero attached hydrogens (tertiary/aromatic N) is 1. The van der Waals surface area contributed by atoms with Gasteiger partial charge >= 0.3 is 19.5 Å². The van der Waals surface area contributed by atoms with Gasteiger partial charge in [0.1, 0.15) is 11.9 Å². The first-order valence-electron chi connectivity index (χ1n) is 11.5. The van der Waals surface area contributed by atoms with Crippen LogP contribution in [0.3, 0.4) is 0 Å². The minimum atomic E-state index is -3.88. The summed E-state index contributed by atoms with van der Waals surface area (Å²) < 4.78 is 41.7. The molecule has 2 aliphatic heterocycles. The molecule has 2 aliphatic rings. The summed E-state index contributed by atoms with van der Waals surface area (Å²) in [5, 5.41) is 0. The Balaban J connectivity index is 1.30. The van der Waals surface area contributed by atoms with Gasteiger partial charge in [0.2, 0.25) is 0 Å². The van der Waals surface area contributed by atoms with Crippen molar-refractivity contribution in [3.8, 4) is 5.75 Å². The van der Waals surface area contributed by atoms with E-state index in [0.717, 1.165) is 5.56 Å². The molecule has 194 valence electrons. The lowest BCUT2D eigenvalue weighted by Crippen LogP contribution is -2.33. The molecule has 1 N–H and O–H groups in total. The van der Waals surface area contributed by atoms with Gasteiger partial charge < -0.3 is 14.0 Å². The highest BCUT2D eigenvalue weighted by molar-refractivity contribution is 7.49. The van der Waals surface area contributed by atoms with Crippen molar-refractivity contribution in [3.05, 3.63) is 74.1 Å². The molecule has 0 spiro atoms. The molecule has 0 fully saturated rings. The first-order chi connectivity index (χ1) is 16.9. The van der Waals surface area contributed by atoms with Gasteiger partial charge in [0.15, 0.2) is 6.23 Å². The Morgan fingerprint density at radius 2 is 2.03 bits per heavy atom. The Morgan fingerprint density at radius 1 is 1.25 bits per heavy atom. The summed E-state index contributed by atoms with van der Waals surface area (Å²) >= 11 is 0. The molecule has 12 heteroatoms. The van der Waals surface area contributed by atoms with Crippen molar-refractivity contribution in [2.45, 2.75) is 53.1 Å². The van der Waals surface area contributed by atoms with Crippen molar-refractivity contribution in [1.29, 1.82) is 0 Å². The number of carbonyl (C=O) groups is 1. The molecule has 0 radical (unpaired) electrons. The van der Waals surface area contributed by atoms with Gasteiger partial charge in [-0.05, 0) is 51.5 Å². The Bertz CT molecular complexity index is 1340. The molecule has 3 heterocycles. The van der Waals surface area contributed by atoms with Crippen LogP contribution in [-0.4, -0.2) is 34.8 Å². The van der Waals surface area contributed by atoms with Crippen molar-refractivity contribution in [3.63, 3.8) is 0 Å². The van der Waals surface area contributed by atoms with Crippen LogP contribution >= 0.6 is 7.82 Å². The molecular weight excluding hydrogens is 491 g/mol. The monoisotopic (exact) mass is 520 g/mol. The maximum absolute atomic E-state index is 13.0. The second-order valence-corrected chi connectivity index (χ2v) is 11.2.